The van der Waals surface area contributed by atoms with Crippen molar-refractivity contribution in [1.29, 1.82) is 0 Å². The van der Waals surface area contributed by atoms with Crippen molar-refractivity contribution in [2.24, 2.45) is 5.73 Å². The molecule has 0 bridgehead atoms. The number of nitrogens with two attached hydrogens (primary N) is 1. The molecule has 0 aromatic rings. The minimum Gasteiger partial charge on any atom is -0.352 e. The second-order valence-electron chi connectivity index (χ2n) is 2.89. The summed E-state index contributed by atoms with van der Waals surface area (Å²) < 4.78 is 0. The normalized spacial score (nSPS) is 11.2. The van der Waals surface area contributed by atoms with Crippen molar-refractivity contribution < 1.29 is 9.59 Å². The van der Waals surface area contributed by atoms with Crippen molar-refractivity contribution in [3.8, 4) is 12.3 Å². The Morgan fingerprint density at radius 2 is 2.07 bits per heavy atom. The zero-order valence-electron chi connectivity index (χ0n) is 8.67. The number of rotatable bonds is 6. The number of carbonyl (C=O) groups is 2. The highest BCUT2D eigenvalue weighted by atomic mass is 16.2. The van der Waals surface area contributed by atoms with Crippen LogP contribution >= 0.6 is 0 Å². The molecule has 0 rings (SSSR count). The minimum atomic E-state index is -0.582. The standard InChI is InChI=1S/C9H16N4O2/c1-3-4-12-8(14)7(2)11-5-6-13-9(10)15/h1,7,11H,4-6H2,2H3,(H,12,14)(H3,10,13,15). The van der Waals surface area contributed by atoms with E-state index < -0.39 is 6.03 Å². The van der Waals surface area contributed by atoms with Crippen LogP contribution in [0.1, 0.15) is 6.92 Å². The third kappa shape index (κ3) is 7.34. The Bertz CT molecular complexity index is 259. The van der Waals surface area contributed by atoms with E-state index in [1.807, 2.05) is 0 Å². The van der Waals surface area contributed by atoms with Gasteiger partial charge in [-0.25, -0.2) is 4.79 Å². The van der Waals surface area contributed by atoms with Gasteiger partial charge in [-0.05, 0) is 6.92 Å². The summed E-state index contributed by atoms with van der Waals surface area (Å²) in [5.41, 5.74) is 4.86. The van der Waals surface area contributed by atoms with Crippen LogP contribution in [-0.2, 0) is 4.79 Å². The van der Waals surface area contributed by atoms with E-state index in [0.717, 1.165) is 0 Å². The molecule has 0 aromatic carbocycles. The van der Waals surface area contributed by atoms with Crippen LogP contribution in [-0.4, -0.2) is 37.6 Å². The number of carbonyl (C=O) groups excluding carboxylic acids is 2. The second kappa shape index (κ2) is 7.64. The fraction of sp³-hybridized carbons (Fsp3) is 0.556. The molecule has 84 valence electrons. The third-order valence-corrected chi connectivity index (χ3v) is 1.63. The molecule has 15 heavy (non-hydrogen) atoms. The Kier molecular flexibility index (Phi) is 6.76. The van der Waals surface area contributed by atoms with Crippen LogP contribution in [0.5, 0.6) is 0 Å². The summed E-state index contributed by atoms with van der Waals surface area (Å²) in [5.74, 6) is 2.13. The lowest BCUT2D eigenvalue weighted by Gasteiger charge is -2.12. The van der Waals surface area contributed by atoms with Gasteiger partial charge in [0.05, 0.1) is 12.6 Å². The average molecular weight is 212 g/mol. The highest BCUT2D eigenvalue weighted by Gasteiger charge is 2.09. The smallest absolute Gasteiger partial charge is 0.312 e. The lowest BCUT2D eigenvalue weighted by Crippen LogP contribution is -2.45. The van der Waals surface area contributed by atoms with Crippen LogP contribution in [0.3, 0.4) is 0 Å². The van der Waals surface area contributed by atoms with Crippen LogP contribution in [0.25, 0.3) is 0 Å². The van der Waals surface area contributed by atoms with E-state index in [0.29, 0.717) is 13.1 Å². The molecule has 0 saturated heterocycles. The van der Waals surface area contributed by atoms with Gasteiger partial charge in [-0.1, -0.05) is 5.92 Å². The largest absolute Gasteiger partial charge is 0.352 e. The van der Waals surface area contributed by atoms with E-state index in [-0.39, 0.29) is 18.5 Å². The molecular formula is C9H16N4O2. The zero-order valence-corrected chi connectivity index (χ0v) is 8.67. The summed E-state index contributed by atoms with van der Waals surface area (Å²) in [7, 11) is 0. The Labute approximate surface area is 89.0 Å². The summed E-state index contributed by atoms with van der Waals surface area (Å²) in [6.07, 6.45) is 4.99. The first-order valence-corrected chi connectivity index (χ1v) is 4.55. The molecule has 0 aliphatic rings. The fourth-order valence-corrected chi connectivity index (χ4v) is 0.858. The molecule has 0 spiro atoms. The molecule has 0 aromatic heterocycles. The summed E-state index contributed by atoms with van der Waals surface area (Å²) >= 11 is 0. The van der Waals surface area contributed by atoms with Crippen LogP contribution in [0.2, 0.25) is 0 Å². The van der Waals surface area contributed by atoms with Crippen LogP contribution in [0.15, 0.2) is 0 Å². The van der Waals surface area contributed by atoms with Gasteiger partial charge in [-0.2, -0.15) is 0 Å². The second-order valence-corrected chi connectivity index (χ2v) is 2.89. The SMILES string of the molecule is C#CCNC(=O)C(C)NCCNC(N)=O. The van der Waals surface area contributed by atoms with Crippen LogP contribution in [0, 0.1) is 12.3 Å². The molecule has 1 unspecified atom stereocenters. The maximum atomic E-state index is 11.2. The molecule has 0 aliphatic heterocycles. The van der Waals surface area contributed by atoms with Crippen molar-refractivity contribution in [2.45, 2.75) is 13.0 Å². The van der Waals surface area contributed by atoms with Gasteiger partial charge < -0.3 is 21.7 Å². The number of terminal acetylenes is 1. The highest BCUT2D eigenvalue weighted by Crippen LogP contribution is 1.80. The van der Waals surface area contributed by atoms with Gasteiger partial charge in [0.2, 0.25) is 5.91 Å². The van der Waals surface area contributed by atoms with E-state index in [9.17, 15) is 9.59 Å². The number of amides is 3. The maximum absolute atomic E-state index is 11.2. The molecule has 3 amide bonds. The predicted octanol–water partition coefficient (Wildman–Crippen LogP) is -1.62. The Morgan fingerprint density at radius 1 is 1.40 bits per heavy atom. The van der Waals surface area contributed by atoms with Crippen molar-refractivity contribution in [3.63, 3.8) is 0 Å². The lowest BCUT2D eigenvalue weighted by atomic mass is 10.3. The number of urea groups is 1. The van der Waals surface area contributed by atoms with Crippen LogP contribution < -0.4 is 21.7 Å². The molecule has 0 heterocycles. The predicted molar refractivity (Wildman–Crippen MR) is 56.9 cm³/mol. The number of primary amides is 1. The molecule has 0 aliphatic carbocycles. The Morgan fingerprint density at radius 3 is 2.60 bits per heavy atom. The first-order valence-electron chi connectivity index (χ1n) is 4.55. The first-order chi connectivity index (χ1) is 7.07. The summed E-state index contributed by atoms with van der Waals surface area (Å²) in [6, 6.07) is -0.936. The quantitative estimate of drug-likeness (QED) is 0.315. The van der Waals surface area contributed by atoms with E-state index >= 15 is 0 Å². The molecular weight excluding hydrogens is 196 g/mol. The molecule has 0 saturated carbocycles. The van der Waals surface area contributed by atoms with E-state index in [1.165, 1.54) is 0 Å². The van der Waals surface area contributed by atoms with Gasteiger partial charge in [0.1, 0.15) is 0 Å². The summed E-state index contributed by atoms with van der Waals surface area (Å²) in [5, 5.41) is 7.82. The number of nitrogens with one attached hydrogen (secondary N) is 3. The maximum Gasteiger partial charge on any atom is 0.312 e. The molecule has 0 fully saturated rings. The fourth-order valence-electron chi connectivity index (χ4n) is 0.858. The number of hydrogen-bond donors (Lipinski definition) is 4. The summed E-state index contributed by atoms with van der Waals surface area (Å²) in [6.45, 7) is 2.76. The molecule has 0 radical (unpaired) electrons. The number of hydrogen-bond acceptors (Lipinski definition) is 3. The zero-order chi connectivity index (χ0) is 11.7. The van der Waals surface area contributed by atoms with Crippen molar-refractivity contribution in [1.82, 2.24) is 16.0 Å². The third-order valence-electron chi connectivity index (χ3n) is 1.63. The lowest BCUT2D eigenvalue weighted by molar-refractivity contribution is -0.122. The molecule has 5 N–H and O–H groups in total. The van der Waals surface area contributed by atoms with E-state index in [1.54, 1.807) is 6.92 Å². The van der Waals surface area contributed by atoms with Gasteiger partial charge in [0, 0.05) is 13.1 Å². The van der Waals surface area contributed by atoms with E-state index in [2.05, 4.69) is 21.9 Å². The van der Waals surface area contributed by atoms with Crippen molar-refractivity contribution >= 4 is 11.9 Å². The van der Waals surface area contributed by atoms with Gasteiger partial charge in [-0.3, -0.25) is 4.79 Å². The Balaban J connectivity index is 3.56. The van der Waals surface area contributed by atoms with Gasteiger partial charge in [0.15, 0.2) is 0 Å². The monoisotopic (exact) mass is 212 g/mol. The molecule has 6 heteroatoms. The van der Waals surface area contributed by atoms with E-state index in [4.69, 9.17) is 12.2 Å². The summed E-state index contributed by atoms with van der Waals surface area (Å²) in [4.78, 5) is 21.5. The van der Waals surface area contributed by atoms with Gasteiger partial charge in [0.25, 0.3) is 0 Å². The van der Waals surface area contributed by atoms with Gasteiger partial charge >= 0.3 is 6.03 Å². The Hall–Kier alpha value is -1.74. The van der Waals surface area contributed by atoms with Crippen molar-refractivity contribution in [2.75, 3.05) is 19.6 Å². The topological polar surface area (TPSA) is 96.2 Å². The van der Waals surface area contributed by atoms with Crippen molar-refractivity contribution in [3.05, 3.63) is 0 Å². The minimum absolute atomic E-state index is 0.174. The van der Waals surface area contributed by atoms with Gasteiger partial charge in [-0.15, -0.1) is 6.42 Å². The van der Waals surface area contributed by atoms with Crippen LogP contribution in [0.4, 0.5) is 4.79 Å². The molecule has 1 atom stereocenters. The molecule has 6 nitrogen and oxygen atoms in total. The average Bonchev–Trinajstić information content (AvgIpc) is 2.20. The first kappa shape index (κ1) is 13.3. The highest BCUT2D eigenvalue weighted by molar-refractivity contribution is 5.81.